The highest BCUT2D eigenvalue weighted by atomic mass is 16.1. The fourth-order valence-corrected chi connectivity index (χ4v) is 3.03. The fourth-order valence-electron chi connectivity index (χ4n) is 3.03. The van der Waals surface area contributed by atoms with Gasteiger partial charge in [0, 0.05) is 30.4 Å². The SMILES string of the molecule is C[C@@H](CNC(=O)c1ccc2cc[nH]c2c1)CN1CCCC1. The van der Waals surface area contributed by atoms with E-state index in [1.54, 1.807) is 0 Å². The lowest BCUT2D eigenvalue weighted by molar-refractivity contribution is 0.0945. The lowest BCUT2D eigenvalue weighted by atomic mass is 10.1. The number of carbonyl (C=O) groups excluding carboxylic acids is 1. The third-order valence-electron chi connectivity index (χ3n) is 4.20. The van der Waals surface area contributed by atoms with Crippen LogP contribution in [0.5, 0.6) is 0 Å². The molecule has 2 heterocycles. The minimum atomic E-state index is 0.0137. The summed E-state index contributed by atoms with van der Waals surface area (Å²) >= 11 is 0. The first-order chi connectivity index (χ1) is 10.2. The van der Waals surface area contributed by atoms with Crippen molar-refractivity contribution in [2.45, 2.75) is 19.8 Å². The fraction of sp³-hybridized carbons (Fsp3) is 0.471. The number of nitrogens with zero attached hydrogens (tertiary/aromatic N) is 1. The summed E-state index contributed by atoms with van der Waals surface area (Å²) in [5.74, 6) is 0.501. The van der Waals surface area contributed by atoms with Crippen LogP contribution in [0.2, 0.25) is 0 Å². The standard InChI is InChI=1S/C17H23N3O/c1-13(12-20-8-2-3-9-20)11-19-17(21)15-5-4-14-6-7-18-16(14)10-15/h4-7,10,13,18H,2-3,8-9,11-12H2,1H3,(H,19,21)/t13-/m0/s1. The number of aromatic nitrogens is 1. The molecule has 1 atom stereocenters. The highest BCUT2D eigenvalue weighted by Gasteiger charge is 2.15. The third kappa shape index (κ3) is 3.45. The quantitative estimate of drug-likeness (QED) is 0.887. The number of nitrogens with one attached hydrogen (secondary N) is 2. The van der Waals surface area contributed by atoms with Crippen molar-refractivity contribution in [3.8, 4) is 0 Å². The number of hydrogen-bond donors (Lipinski definition) is 2. The van der Waals surface area contributed by atoms with Crippen LogP contribution in [0.15, 0.2) is 30.5 Å². The van der Waals surface area contributed by atoms with E-state index < -0.39 is 0 Å². The van der Waals surface area contributed by atoms with E-state index in [1.807, 2.05) is 30.5 Å². The van der Waals surface area contributed by atoms with E-state index in [2.05, 4.69) is 22.1 Å². The first-order valence-electron chi connectivity index (χ1n) is 7.80. The molecule has 2 N–H and O–H groups in total. The van der Waals surface area contributed by atoms with Gasteiger partial charge in [0.25, 0.3) is 5.91 Å². The number of likely N-dealkylation sites (tertiary alicyclic amines) is 1. The van der Waals surface area contributed by atoms with Gasteiger partial charge in [0.2, 0.25) is 0 Å². The zero-order valence-electron chi connectivity index (χ0n) is 12.6. The first kappa shape index (κ1) is 14.1. The van der Waals surface area contributed by atoms with Crippen LogP contribution < -0.4 is 5.32 Å². The molecular weight excluding hydrogens is 262 g/mol. The number of fused-ring (bicyclic) bond motifs is 1. The molecule has 0 aliphatic carbocycles. The minimum Gasteiger partial charge on any atom is -0.361 e. The second kappa shape index (κ2) is 6.31. The summed E-state index contributed by atoms with van der Waals surface area (Å²) in [7, 11) is 0. The molecule has 1 aromatic heterocycles. The van der Waals surface area contributed by atoms with Crippen LogP contribution in [0.3, 0.4) is 0 Å². The van der Waals surface area contributed by atoms with Gasteiger partial charge in [-0.3, -0.25) is 4.79 Å². The topological polar surface area (TPSA) is 48.1 Å². The molecule has 1 aliphatic heterocycles. The van der Waals surface area contributed by atoms with Gasteiger partial charge in [-0.15, -0.1) is 0 Å². The molecule has 1 amide bonds. The summed E-state index contributed by atoms with van der Waals surface area (Å²) in [6, 6.07) is 7.79. The monoisotopic (exact) mass is 285 g/mol. The van der Waals surface area contributed by atoms with Gasteiger partial charge < -0.3 is 15.2 Å². The molecule has 3 rings (SSSR count). The molecule has 0 spiro atoms. The van der Waals surface area contributed by atoms with E-state index in [4.69, 9.17) is 0 Å². The number of hydrogen-bond acceptors (Lipinski definition) is 2. The number of amides is 1. The van der Waals surface area contributed by atoms with Crippen molar-refractivity contribution in [2.75, 3.05) is 26.2 Å². The van der Waals surface area contributed by atoms with Gasteiger partial charge in [-0.05, 0) is 55.4 Å². The van der Waals surface area contributed by atoms with E-state index in [0.717, 1.165) is 29.6 Å². The summed E-state index contributed by atoms with van der Waals surface area (Å²) < 4.78 is 0. The molecule has 0 radical (unpaired) electrons. The Kier molecular flexibility index (Phi) is 4.25. The molecule has 0 bridgehead atoms. The minimum absolute atomic E-state index is 0.0137. The molecule has 1 aromatic carbocycles. The Labute approximate surface area is 125 Å². The van der Waals surface area contributed by atoms with Crippen molar-refractivity contribution in [1.29, 1.82) is 0 Å². The Hall–Kier alpha value is -1.81. The summed E-state index contributed by atoms with van der Waals surface area (Å²) in [5, 5.41) is 4.18. The van der Waals surface area contributed by atoms with Gasteiger partial charge in [0.15, 0.2) is 0 Å². The van der Waals surface area contributed by atoms with Gasteiger partial charge in [-0.25, -0.2) is 0 Å². The Morgan fingerprint density at radius 3 is 2.95 bits per heavy atom. The van der Waals surface area contributed by atoms with Gasteiger partial charge in [0.1, 0.15) is 0 Å². The van der Waals surface area contributed by atoms with Crippen LogP contribution in [0, 0.1) is 5.92 Å². The predicted octanol–water partition coefficient (Wildman–Crippen LogP) is 2.63. The molecule has 4 nitrogen and oxygen atoms in total. The number of benzene rings is 1. The summed E-state index contributed by atoms with van der Waals surface area (Å²) in [6.07, 6.45) is 4.52. The Morgan fingerprint density at radius 1 is 1.33 bits per heavy atom. The Balaban J connectivity index is 1.53. The molecule has 1 aliphatic rings. The second-order valence-corrected chi connectivity index (χ2v) is 6.10. The van der Waals surface area contributed by atoms with Gasteiger partial charge in [0.05, 0.1) is 0 Å². The van der Waals surface area contributed by atoms with Crippen LogP contribution in [0.1, 0.15) is 30.1 Å². The maximum atomic E-state index is 12.2. The van der Waals surface area contributed by atoms with Gasteiger partial charge in [-0.1, -0.05) is 13.0 Å². The molecule has 112 valence electrons. The van der Waals surface area contributed by atoms with Crippen molar-refractivity contribution >= 4 is 16.8 Å². The predicted molar refractivity (Wildman–Crippen MR) is 85.5 cm³/mol. The summed E-state index contributed by atoms with van der Waals surface area (Å²) in [4.78, 5) is 17.8. The van der Waals surface area contributed by atoms with Crippen molar-refractivity contribution < 1.29 is 4.79 Å². The molecule has 1 saturated heterocycles. The number of aromatic amines is 1. The highest BCUT2D eigenvalue weighted by molar-refractivity contribution is 5.97. The molecule has 21 heavy (non-hydrogen) atoms. The van der Waals surface area contributed by atoms with E-state index in [9.17, 15) is 4.79 Å². The summed E-state index contributed by atoms with van der Waals surface area (Å²) in [6.45, 7) is 6.43. The zero-order chi connectivity index (χ0) is 14.7. The third-order valence-corrected chi connectivity index (χ3v) is 4.20. The van der Waals surface area contributed by atoms with Crippen LogP contribution in [-0.2, 0) is 0 Å². The van der Waals surface area contributed by atoms with E-state index >= 15 is 0 Å². The van der Waals surface area contributed by atoms with Crippen molar-refractivity contribution in [3.63, 3.8) is 0 Å². The van der Waals surface area contributed by atoms with E-state index in [-0.39, 0.29) is 5.91 Å². The average Bonchev–Trinajstić information content (AvgIpc) is 3.14. The average molecular weight is 285 g/mol. The van der Waals surface area contributed by atoms with Crippen LogP contribution in [0.4, 0.5) is 0 Å². The van der Waals surface area contributed by atoms with Gasteiger partial charge >= 0.3 is 0 Å². The smallest absolute Gasteiger partial charge is 0.251 e. The molecule has 0 saturated carbocycles. The normalized spacial score (nSPS) is 17.2. The summed E-state index contributed by atoms with van der Waals surface area (Å²) in [5.41, 5.74) is 1.73. The van der Waals surface area contributed by atoms with Crippen LogP contribution in [-0.4, -0.2) is 42.0 Å². The van der Waals surface area contributed by atoms with Crippen molar-refractivity contribution in [3.05, 3.63) is 36.0 Å². The lowest BCUT2D eigenvalue weighted by Gasteiger charge is -2.20. The van der Waals surface area contributed by atoms with Gasteiger partial charge in [-0.2, -0.15) is 0 Å². The maximum absolute atomic E-state index is 12.2. The zero-order valence-corrected chi connectivity index (χ0v) is 12.6. The highest BCUT2D eigenvalue weighted by Crippen LogP contribution is 2.14. The number of H-pyrrole nitrogens is 1. The molecule has 1 fully saturated rings. The van der Waals surface area contributed by atoms with E-state index in [1.165, 1.54) is 25.9 Å². The molecule has 2 aromatic rings. The Bertz CT molecular complexity index is 613. The van der Waals surface area contributed by atoms with Crippen molar-refractivity contribution in [1.82, 2.24) is 15.2 Å². The lowest BCUT2D eigenvalue weighted by Crippen LogP contribution is -2.34. The largest absolute Gasteiger partial charge is 0.361 e. The van der Waals surface area contributed by atoms with Crippen molar-refractivity contribution in [2.24, 2.45) is 5.92 Å². The molecule has 4 heteroatoms. The maximum Gasteiger partial charge on any atom is 0.251 e. The number of rotatable bonds is 5. The first-order valence-corrected chi connectivity index (χ1v) is 7.80. The Morgan fingerprint density at radius 2 is 2.14 bits per heavy atom. The van der Waals surface area contributed by atoms with Crippen LogP contribution >= 0.6 is 0 Å². The second-order valence-electron chi connectivity index (χ2n) is 6.10. The van der Waals surface area contributed by atoms with Crippen LogP contribution in [0.25, 0.3) is 10.9 Å². The molecular formula is C17H23N3O. The number of carbonyl (C=O) groups is 1. The molecule has 0 unspecified atom stereocenters. The van der Waals surface area contributed by atoms with E-state index in [0.29, 0.717) is 5.92 Å².